The molecule has 0 amide bonds. The van der Waals surface area contributed by atoms with Crippen molar-refractivity contribution in [2.45, 2.75) is 19.9 Å². The van der Waals surface area contributed by atoms with Gasteiger partial charge in [-0.25, -0.2) is 0 Å². The first-order chi connectivity index (χ1) is 24.2. The first kappa shape index (κ1) is 38.8. The lowest BCUT2D eigenvalue weighted by atomic mass is 10.1. The van der Waals surface area contributed by atoms with Crippen molar-refractivity contribution >= 4 is 63.0 Å². The number of benzene rings is 4. The number of anilines is 1. The molecule has 0 aliphatic rings. The average molecular weight is 738 g/mol. The van der Waals surface area contributed by atoms with E-state index in [1.165, 1.54) is 36.4 Å². The predicted octanol–water partition coefficient (Wildman–Crippen LogP) is 9.82. The molecule has 0 bridgehead atoms. The van der Waals surface area contributed by atoms with E-state index in [-0.39, 0.29) is 27.5 Å². The quantitative estimate of drug-likeness (QED) is 0.0518. The zero-order chi connectivity index (χ0) is 37.3. The molecule has 0 aromatic heterocycles. The summed E-state index contributed by atoms with van der Waals surface area (Å²) in [5.74, 6) is 0.648. The third kappa shape index (κ3) is 10.7. The molecule has 268 valence electrons. The Morgan fingerprint density at radius 1 is 0.824 bits per heavy atom. The zero-order valence-corrected chi connectivity index (χ0v) is 30.7. The number of methoxy groups -OCH3 is 1. The van der Waals surface area contributed by atoms with Gasteiger partial charge >= 0.3 is 0 Å². The van der Waals surface area contributed by atoms with Crippen LogP contribution in [-0.2, 0) is 0 Å². The van der Waals surface area contributed by atoms with Gasteiger partial charge in [-0.2, -0.15) is 10.2 Å². The van der Waals surface area contributed by atoms with E-state index < -0.39 is 9.85 Å². The summed E-state index contributed by atoms with van der Waals surface area (Å²) in [6.07, 6.45) is 0. The summed E-state index contributed by atoms with van der Waals surface area (Å²) < 4.78 is 6.50. The summed E-state index contributed by atoms with van der Waals surface area (Å²) in [5.41, 5.74) is 4.62. The van der Waals surface area contributed by atoms with Crippen LogP contribution < -0.4 is 15.0 Å². The van der Waals surface area contributed by atoms with Gasteiger partial charge in [0.05, 0.1) is 77.8 Å². The Hall–Kier alpha value is -5.02. The second kappa shape index (κ2) is 17.3. The molecule has 0 spiro atoms. The van der Waals surface area contributed by atoms with Gasteiger partial charge in [0, 0.05) is 50.0 Å². The SMILES string of the molecule is COc1cc(N=Nc2ccc([N+](=O)[O-])cc2Cl)c(C)cc1N(C)CC[N+](C)(C)CCNC(C)c1ccc(N=Nc2ccc([N+](=O)[O-])cc2Cl)cc1. The number of azo groups is 2. The Kier molecular flexibility index (Phi) is 13.1. The molecule has 0 radical (unpaired) electrons. The zero-order valence-electron chi connectivity index (χ0n) is 29.2. The molecule has 16 heteroatoms. The standard InChI is InChI=1S/C35H40Cl2N9O5/c1-23-19-34(35(51-6)22-33(23)42-41-32-14-12-28(45(49)50)21-30(32)37)43(3)16-18-46(4,5)17-15-38-24(2)25-7-9-26(10-8-25)39-40-31-13-11-27(44(47)48)20-29(31)36/h7-14,19-22,24,38H,15-18H2,1-6H3/q+1. The van der Waals surface area contributed by atoms with Crippen molar-refractivity contribution in [1.29, 1.82) is 0 Å². The molecule has 4 aromatic rings. The van der Waals surface area contributed by atoms with Gasteiger partial charge in [-0.05, 0) is 55.3 Å². The Morgan fingerprint density at radius 3 is 1.90 bits per heavy atom. The highest BCUT2D eigenvalue weighted by atomic mass is 35.5. The Balaban J connectivity index is 1.28. The maximum atomic E-state index is 11.0. The molecule has 0 aliphatic carbocycles. The minimum absolute atomic E-state index is 0.102. The van der Waals surface area contributed by atoms with Crippen molar-refractivity contribution in [2.75, 3.05) is 59.3 Å². The van der Waals surface area contributed by atoms with Crippen molar-refractivity contribution in [1.82, 2.24) is 5.32 Å². The molecule has 14 nitrogen and oxygen atoms in total. The molecule has 4 aromatic carbocycles. The number of rotatable bonds is 16. The van der Waals surface area contributed by atoms with Crippen LogP contribution in [0.5, 0.6) is 5.75 Å². The van der Waals surface area contributed by atoms with E-state index in [2.05, 4.69) is 51.7 Å². The highest BCUT2D eigenvalue weighted by Crippen LogP contribution is 2.37. The second-order valence-electron chi connectivity index (χ2n) is 12.6. The molecule has 1 N–H and O–H groups in total. The molecule has 4 rings (SSSR count). The number of aryl methyl sites for hydroxylation is 1. The minimum Gasteiger partial charge on any atom is -0.495 e. The maximum Gasteiger partial charge on any atom is 0.271 e. The van der Waals surface area contributed by atoms with Gasteiger partial charge in [0.15, 0.2) is 0 Å². The number of nitrogens with one attached hydrogen (secondary N) is 1. The molecule has 1 atom stereocenters. The van der Waals surface area contributed by atoms with Crippen LogP contribution in [0.3, 0.4) is 0 Å². The van der Waals surface area contributed by atoms with Gasteiger partial charge in [-0.3, -0.25) is 20.2 Å². The molecule has 0 saturated heterocycles. The number of hydrogen-bond acceptors (Lipinski definition) is 11. The molecule has 0 saturated carbocycles. The number of hydrogen-bond donors (Lipinski definition) is 1. The number of nitrogens with zero attached hydrogens (tertiary/aromatic N) is 8. The van der Waals surface area contributed by atoms with Crippen LogP contribution in [-0.4, -0.2) is 68.8 Å². The van der Waals surface area contributed by atoms with Crippen molar-refractivity contribution in [2.24, 2.45) is 20.5 Å². The monoisotopic (exact) mass is 736 g/mol. The van der Waals surface area contributed by atoms with Crippen molar-refractivity contribution in [3.63, 3.8) is 0 Å². The predicted molar refractivity (Wildman–Crippen MR) is 200 cm³/mol. The van der Waals surface area contributed by atoms with E-state index >= 15 is 0 Å². The van der Waals surface area contributed by atoms with Crippen LogP contribution in [0.4, 0.5) is 39.8 Å². The van der Waals surface area contributed by atoms with Gasteiger partial charge in [0.1, 0.15) is 17.1 Å². The summed E-state index contributed by atoms with van der Waals surface area (Å²) in [6, 6.07) is 19.8. The van der Waals surface area contributed by atoms with Crippen LogP contribution >= 0.6 is 23.2 Å². The lowest BCUT2D eigenvalue weighted by Gasteiger charge is -2.33. The summed E-state index contributed by atoms with van der Waals surface area (Å²) >= 11 is 12.3. The van der Waals surface area contributed by atoms with Crippen LogP contribution in [0.1, 0.15) is 24.1 Å². The van der Waals surface area contributed by atoms with Gasteiger partial charge in [0.25, 0.3) is 11.4 Å². The van der Waals surface area contributed by atoms with Gasteiger partial charge in [-0.1, -0.05) is 35.3 Å². The minimum atomic E-state index is -0.514. The highest BCUT2D eigenvalue weighted by molar-refractivity contribution is 6.33. The molecular weight excluding hydrogens is 697 g/mol. The number of halogens is 2. The summed E-state index contributed by atoms with van der Waals surface area (Å²) in [6.45, 7) is 7.41. The van der Waals surface area contributed by atoms with E-state index in [4.69, 9.17) is 27.9 Å². The number of non-ortho nitro benzene ring substituents is 2. The number of nitro groups is 2. The van der Waals surface area contributed by atoms with Gasteiger partial charge in [-0.15, -0.1) is 10.2 Å². The van der Waals surface area contributed by atoms with Crippen LogP contribution in [0.25, 0.3) is 0 Å². The lowest BCUT2D eigenvalue weighted by molar-refractivity contribution is -0.887. The van der Waals surface area contributed by atoms with E-state index in [1.54, 1.807) is 7.11 Å². The highest BCUT2D eigenvalue weighted by Gasteiger charge is 2.19. The van der Waals surface area contributed by atoms with E-state index in [1.807, 2.05) is 50.4 Å². The first-order valence-electron chi connectivity index (χ1n) is 15.9. The third-order valence-corrected chi connectivity index (χ3v) is 8.94. The van der Waals surface area contributed by atoms with Gasteiger partial charge in [0.2, 0.25) is 0 Å². The van der Waals surface area contributed by atoms with E-state index in [9.17, 15) is 20.2 Å². The molecule has 0 heterocycles. The summed E-state index contributed by atoms with van der Waals surface area (Å²) in [7, 11) is 8.04. The molecular formula is C35H40Cl2N9O5+. The second-order valence-corrected chi connectivity index (χ2v) is 13.4. The smallest absolute Gasteiger partial charge is 0.271 e. The van der Waals surface area contributed by atoms with Crippen LogP contribution in [0, 0.1) is 27.2 Å². The van der Waals surface area contributed by atoms with E-state index in [0.29, 0.717) is 28.5 Å². The summed E-state index contributed by atoms with van der Waals surface area (Å²) in [4.78, 5) is 23.0. The Morgan fingerprint density at radius 2 is 1.37 bits per heavy atom. The topological polar surface area (TPSA) is 160 Å². The van der Waals surface area contributed by atoms with Crippen molar-refractivity contribution in [3.8, 4) is 5.75 Å². The normalized spacial score (nSPS) is 12.4. The number of quaternary nitrogens is 1. The third-order valence-electron chi connectivity index (χ3n) is 8.33. The number of nitro benzene ring substituents is 2. The maximum absolute atomic E-state index is 11.0. The Bertz CT molecular complexity index is 1940. The molecule has 51 heavy (non-hydrogen) atoms. The first-order valence-corrected chi connectivity index (χ1v) is 16.7. The number of ether oxygens (including phenoxy) is 1. The summed E-state index contributed by atoms with van der Waals surface area (Å²) in [5, 5.41) is 42.7. The van der Waals surface area contributed by atoms with Crippen molar-refractivity contribution < 1.29 is 19.1 Å². The van der Waals surface area contributed by atoms with E-state index in [0.717, 1.165) is 47.5 Å². The molecule has 1 unspecified atom stereocenters. The average Bonchev–Trinajstić information content (AvgIpc) is 3.09. The van der Waals surface area contributed by atoms with Crippen LogP contribution in [0.15, 0.2) is 93.3 Å². The molecule has 0 aliphatic heterocycles. The fourth-order valence-corrected chi connectivity index (χ4v) is 5.44. The fraction of sp³-hybridized carbons (Fsp3) is 0.314. The Labute approximate surface area is 306 Å². The lowest BCUT2D eigenvalue weighted by Crippen LogP contribution is -2.48. The fourth-order valence-electron chi connectivity index (χ4n) is 5.02. The van der Waals surface area contributed by atoms with Crippen molar-refractivity contribution in [3.05, 3.63) is 114 Å². The number of likely N-dealkylation sites (N-methyl/N-ethyl adjacent to an activating group) is 2. The molecule has 0 fully saturated rings. The largest absolute Gasteiger partial charge is 0.495 e. The van der Waals surface area contributed by atoms with Crippen LogP contribution in [0.2, 0.25) is 10.0 Å². The van der Waals surface area contributed by atoms with Gasteiger partial charge < -0.3 is 19.4 Å².